The molecule has 3 N–H and O–H groups in total. The Balaban J connectivity index is 1.84. The Kier molecular flexibility index (Phi) is 5.20. The van der Waals surface area contributed by atoms with Crippen molar-refractivity contribution in [3.05, 3.63) is 17.9 Å². The first-order valence-electron chi connectivity index (χ1n) is 7.01. The van der Waals surface area contributed by atoms with Gasteiger partial charge in [0.2, 0.25) is 5.09 Å². The van der Waals surface area contributed by atoms with Crippen LogP contribution in [-0.2, 0) is 16.6 Å². The van der Waals surface area contributed by atoms with Gasteiger partial charge in [-0.05, 0) is 37.8 Å². The summed E-state index contributed by atoms with van der Waals surface area (Å²) >= 11 is 0. The van der Waals surface area contributed by atoms with Crippen molar-refractivity contribution < 1.29 is 17.9 Å². The minimum Gasteiger partial charge on any atom is -0.447 e. The van der Waals surface area contributed by atoms with Crippen molar-refractivity contribution in [3.63, 3.8) is 0 Å². The van der Waals surface area contributed by atoms with Crippen LogP contribution in [0.25, 0.3) is 0 Å². The standard InChI is InChI=1S/C13H22N2O4S/c1-2-11(16)7-8-15-20(17,18)13-6-5-12(19-13)9-14-10-3-4-10/h5-6,10-11,14-16H,2-4,7-9H2,1H3. The lowest BCUT2D eigenvalue weighted by Crippen LogP contribution is -2.27. The number of hydrogen-bond acceptors (Lipinski definition) is 5. The van der Waals surface area contributed by atoms with Crippen LogP contribution < -0.4 is 10.0 Å². The highest BCUT2D eigenvalue weighted by Crippen LogP contribution is 2.20. The van der Waals surface area contributed by atoms with Gasteiger partial charge in [0, 0.05) is 12.6 Å². The zero-order chi connectivity index (χ0) is 14.6. The van der Waals surface area contributed by atoms with Gasteiger partial charge < -0.3 is 14.8 Å². The van der Waals surface area contributed by atoms with Crippen molar-refractivity contribution in [2.75, 3.05) is 6.54 Å². The zero-order valence-corrected chi connectivity index (χ0v) is 12.4. The van der Waals surface area contributed by atoms with E-state index in [0.29, 0.717) is 31.2 Å². The Hall–Kier alpha value is -0.890. The van der Waals surface area contributed by atoms with E-state index in [9.17, 15) is 13.5 Å². The van der Waals surface area contributed by atoms with Crippen LogP contribution in [-0.4, -0.2) is 32.2 Å². The molecule has 1 aromatic heterocycles. The molecule has 1 saturated carbocycles. The van der Waals surface area contributed by atoms with Crippen molar-refractivity contribution in [2.45, 2.75) is 56.4 Å². The fourth-order valence-electron chi connectivity index (χ4n) is 1.77. The molecule has 0 radical (unpaired) electrons. The van der Waals surface area contributed by atoms with Crippen molar-refractivity contribution in [3.8, 4) is 0 Å². The molecule has 0 aromatic carbocycles. The maximum absolute atomic E-state index is 12.0. The molecule has 0 aliphatic heterocycles. The van der Waals surface area contributed by atoms with E-state index < -0.39 is 16.1 Å². The highest BCUT2D eigenvalue weighted by molar-refractivity contribution is 7.89. The maximum atomic E-state index is 12.0. The number of aliphatic hydroxyl groups excluding tert-OH is 1. The SMILES string of the molecule is CCC(O)CCNS(=O)(=O)c1ccc(CNC2CC2)o1. The van der Waals surface area contributed by atoms with Gasteiger partial charge in [0.15, 0.2) is 0 Å². The van der Waals surface area contributed by atoms with Gasteiger partial charge in [-0.15, -0.1) is 0 Å². The molecule has 1 unspecified atom stereocenters. The molecule has 0 spiro atoms. The van der Waals surface area contributed by atoms with Crippen LogP contribution >= 0.6 is 0 Å². The first-order chi connectivity index (χ1) is 9.51. The highest BCUT2D eigenvalue weighted by Gasteiger charge is 2.22. The average molecular weight is 302 g/mol. The van der Waals surface area contributed by atoms with Crippen molar-refractivity contribution >= 4 is 10.0 Å². The molecule has 7 heteroatoms. The Morgan fingerprint density at radius 1 is 1.45 bits per heavy atom. The number of rotatable bonds is 9. The summed E-state index contributed by atoms with van der Waals surface area (Å²) in [6.45, 7) is 2.60. The first kappa shape index (κ1) is 15.5. The molecule has 6 nitrogen and oxygen atoms in total. The average Bonchev–Trinajstić information content (AvgIpc) is 3.12. The molecule has 1 atom stereocenters. The Bertz CT molecular complexity index is 522. The van der Waals surface area contributed by atoms with E-state index in [1.54, 1.807) is 6.07 Å². The minimum absolute atomic E-state index is 0.0731. The molecule has 1 aliphatic rings. The molecule has 1 fully saturated rings. The summed E-state index contributed by atoms with van der Waals surface area (Å²) < 4.78 is 31.7. The van der Waals surface area contributed by atoms with E-state index in [2.05, 4.69) is 10.0 Å². The lowest BCUT2D eigenvalue weighted by atomic mass is 10.2. The van der Waals surface area contributed by atoms with E-state index in [-0.39, 0.29) is 11.6 Å². The minimum atomic E-state index is -3.62. The van der Waals surface area contributed by atoms with E-state index in [1.165, 1.54) is 18.9 Å². The molecule has 1 aliphatic carbocycles. The van der Waals surface area contributed by atoms with E-state index in [1.807, 2.05) is 6.92 Å². The highest BCUT2D eigenvalue weighted by atomic mass is 32.2. The van der Waals surface area contributed by atoms with Gasteiger partial charge in [-0.25, -0.2) is 13.1 Å². The maximum Gasteiger partial charge on any atom is 0.273 e. The van der Waals surface area contributed by atoms with Gasteiger partial charge in [-0.2, -0.15) is 0 Å². The Morgan fingerprint density at radius 3 is 2.85 bits per heavy atom. The summed E-state index contributed by atoms with van der Waals surface area (Å²) in [5, 5.41) is 12.6. The smallest absolute Gasteiger partial charge is 0.273 e. The largest absolute Gasteiger partial charge is 0.447 e. The number of sulfonamides is 1. The molecule has 114 valence electrons. The number of aliphatic hydroxyl groups is 1. The molecule has 0 bridgehead atoms. The third-order valence-electron chi connectivity index (χ3n) is 3.29. The van der Waals surface area contributed by atoms with E-state index >= 15 is 0 Å². The van der Waals surface area contributed by atoms with Gasteiger partial charge in [0.25, 0.3) is 10.0 Å². The fourth-order valence-corrected chi connectivity index (χ4v) is 2.76. The molecule has 1 heterocycles. The normalized spacial score (nSPS) is 17.3. The molecule has 0 saturated heterocycles. The van der Waals surface area contributed by atoms with Crippen molar-refractivity contribution in [1.82, 2.24) is 10.0 Å². The lowest BCUT2D eigenvalue weighted by molar-refractivity contribution is 0.162. The van der Waals surface area contributed by atoms with Crippen molar-refractivity contribution in [2.24, 2.45) is 0 Å². The summed E-state index contributed by atoms with van der Waals surface area (Å²) in [5.74, 6) is 0.617. The monoisotopic (exact) mass is 302 g/mol. The summed E-state index contributed by atoms with van der Waals surface area (Å²) in [6, 6.07) is 3.68. The molecular weight excluding hydrogens is 280 g/mol. The summed E-state index contributed by atoms with van der Waals surface area (Å²) in [5.41, 5.74) is 0. The van der Waals surface area contributed by atoms with Gasteiger partial charge in [-0.3, -0.25) is 0 Å². The number of hydrogen-bond donors (Lipinski definition) is 3. The lowest BCUT2D eigenvalue weighted by Gasteiger charge is -2.08. The van der Waals surface area contributed by atoms with Crippen LogP contribution in [0.5, 0.6) is 0 Å². The van der Waals surface area contributed by atoms with Crippen LogP contribution in [0, 0.1) is 0 Å². The molecule has 2 rings (SSSR count). The predicted molar refractivity (Wildman–Crippen MR) is 74.7 cm³/mol. The number of nitrogens with one attached hydrogen (secondary N) is 2. The molecular formula is C13H22N2O4S. The third kappa shape index (κ3) is 4.59. The Morgan fingerprint density at radius 2 is 2.20 bits per heavy atom. The van der Waals surface area contributed by atoms with Gasteiger partial charge >= 0.3 is 0 Å². The molecule has 1 aromatic rings. The van der Waals surface area contributed by atoms with E-state index in [4.69, 9.17) is 4.42 Å². The number of furan rings is 1. The topological polar surface area (TPSA) is 91.6 Å². The van der Waals surface area contributed by atoms with Gasteiger partial charge in [0.05, 0.1) is 12.6 Å². The summed E-state index contributed by atoms with van der Waals surface area (Å²) in [7, 11) is -3.62. The third-order valence-corrected chi connectivity index (χ3v) is 4.62. The zero-order valence-electron chi connectivity index (χ0n) is 11.6. The van der Waals surface area contributed by atoms with Crippen LogP contribution in [0.1, 0.15) is 38.4 Å². The fraction of sp³-hybridized carbons (Fsp3) is 0.692. The first-order valence-corrected chi connectivity index (χ1v) is 8.49. The summed E-state index contributed by atoms with van der Waals surface area (Å²) in [6.07, 6.45) is 2.87. The Labute approximate surface area is 119 Å². The van der Waals surface area contributed by atoms with Crippen LogP contribution in [0.2, 0.25) is 0 Å². The van der Waals surface area contributed by atoms with Gasteiger partial charge in [-0.1, -0.05) is 6.92 Å². The summed E-state index contributed by atoms with van der Waals surface area (Å²) in [4.78, 5) is 0. The van der Waals surface area contributed by atoms with Crippen LogP contribution in [0.3, 0.4) is 0 Å². The predicted octanol–water partition coefficient (Wildman–Crippen LogP) is 0.971. The molecule has 20 heavy (non-hydrogen) atoms. The van der Waals surface area contributed by atoms with Gasteiger partial charge in [0.1, 0.15) is 5.76 Å². The van der Waals surface area contributed by atoms with Crippen molar-refractivity contribution in [1.29, 1.82) is 0 Å². The van der Waals surface area contributed by atoms with Crippen LogP contribution in [0.4, 0.5) is 0 Å². The van der Waals surface area contributed by atoms with E-state index in [0.717, 1.165) is 0 Å². The second kappa shape index (κ2) is 6.71. The second-order valence-corrected chi connectivity index (χ2v) is 6.82. The molecule has 0 amide bonds. The second-order valence-electron chi connectivity index (χ2n) is 5.12. The van der Waals surface area contributed by atoms with Crippen LogP contribution in [0.15, 0.2) is 21.6 Å². The quantitative estimate of drug-likeness (QED) is 0.632.